The number of hydrogen-bond donors (Lipinski definition) is 2. The Morgan fingerprint density at radius 1 is 1.27 bits per heavy atom. The Labute approximate surface area is 176 Å². The topological polar surface area (TPSA) is 97.2 Å². The molecule has 1 heterocycles. The normalized spacial score (nSPS) is 17.1. The smallest absolute Gasteiger partial charge is 0.344 e. The van der Waals surface area contributed by atoms with Gasteiger partial charge in [-0.2, -0.15) is 0 Å². The number of benzene rings is 2. The highest BCUT2D eigenvalue weighted by Crippen LogP contribution is 2.33. The molecule has 2 aromatic carbocycles. The predicted molar refractivity (Wildman–Crippen MR) is 113 cm³/mol. The summed E-state index contributed by atoms with van der Waals surface area (Å²) < 4.78 is 24.0. The number of aliphatic imine (C=N–C) groups is 1. The maximum atomic E-state index is 13.0. The molecule has 3 rings (SSSR count). The Balaban J connectivity index is 1.81. The summed E-state index contributed by atoms with van der Waals surface area (Å²) in [4.78, 5) is 28.0. The Kier molecular flexibility index (Phi) is 6.73. The second-order valence-electron chi connectivity index (χ2n) is 6.20. The van der Waals surface area contributed by atoms with Gasteiger partial charge in [-0.15, -0.1) is 0 Å². The minimum absolute atomic E-state index is 0.302. The van der Waals surface area contributed by atoms with Gasteiger partial charge in [-0.25, -0.2) is 14.2 Å². The molecular formula is C21H19FN2O5S. The van der Waals surface area contributed by atoms with Crippen LogP contribution in [0.25, 0.3) is 6.08 Å². The lowest BCUT2D eigenvalue weighted by Crippen LogP contribution is -2.23. The fourth-order valence-electron chi connectivity index (χ4n) is 2.49. The number of amides is 1. The van der Waals surface area contributed by atoms with Gasteiger partial charge < -0.3 is 19.9 Å². The molecule has 9 heteroatoms. The predicted octanol–water partition coefficient (Wildman–Crippen LogP) is 3.97. The maximum Gasteiger partial charge on any atom is 0.344 e. The van der Waals surface area contributed by atoms with E-state index in [1.54, 1.807) is 31.2 Å². The minimum Gasteiger partial charge on any atom is -0.490 e. The third kappa shape index (κ3) is 5.38. The Hall–Kier alpha value is -3.33. The molecule has 2 N–H and O–H groups in total. The summed E-state index contributed by atoms with van der Waals surface area (Å²) in [6.45, 7) is 3.59. The van der Waals surface area contributed by atoms with Crippen molar-refractivity contribution in [3.05, 3.63) is 58.8 Å². The van der Waals surface area contributed by atoms with E-state index >= 15 is 0 Å². The summed E-state index contributed by atoms with van der Waals surface area (Å²) in [6, 6.07) is 10.6. The number of halogens is 1. The van der Waals surface area contributed by atoms with E-state index < -0.39 is 12.1 Å². The fourth-order valence-corrected chi connectivity index (χ4v) is 3.33. The monoisotopic (exact) mass is 430 g/mol. The first kappa shape index (κ1) is 21.4. The van der Waals surface area contributed by atoms with E-state index in [4.69, 9.17) is 14.6 Å². The van der Waals surface area contributed by atoms with E-state index in [-0.39, 0.29) is 11.7 Å². The summed E-state index contributed by atoms with van der Waals surface area (Å²) >= 11 is 1.16. The quantitative estimate of drug-likeness (QED) is 0.645. The first-order chi connectivity index (χ1) is 14.4. The molecule has 1 unspecified atom stereocenters. The van der Waals surface area contributed by atoms with Crippen LogP contribution in [-0.2, 0) is 9.59 Å². The largest absolute Gasteiger partial charge is 0.490 e. The van der Waals surface area contributed by atoms with Crippen LogP contribution in [0.5, 0.6) is 11.5 Å². The van der Waals surface area contributed by atoms with Gasteiger partial charge in [-0.3, -0.25) is 4.79 Å². The second kappa shape index (κ2) is 9.45. The lowest BCUT2D eigenvalue weighted by atomic mass is 10.2. The average molecular weight is 430 g/mol. The van der Waals surface area contributed by atoms with Gasteiger partial charge in [0.15, 0.2) is 22.8 Å². The van der Waals surface area contributed by atoms with Crippen LogP contribution in [0, 0.1) is 5.82 Å². The van der Waals surface area contributed by atoms with Gasteiger partial charge in [0.05, 0.1) is 17.2 Å². The summed E-state index contributed by atoms with van der Waals surface area (Å²) in [5.41, 5.74) is 1.20. The van der Waals surface area contributed by atoms with Crippen LogP contribution in [0.4, 0.5) is 10.1 Å². The van der Waals surface area contributed by atoms with Crippen molar-refractivity contribution in [3.63, 3.8) is 0 Å². The van der Waals surface area contributed by atoms with E-state index in [9.17, 15) is 14.0 Å². The van der Waals surface area contributed by atoms with Crippen LogP contribution in [0.3, 0.4) is 0 Å². The van der Waals surface area contributed by atoms with Crippen LogP contribution in [0.1, 0.15) is 19.4 Å². The third-order valence-electron chi connectivity index (χ3n) is 3.93. The number of carboxylic acid groups (broad SMARTS) is 1. The van der Waals surface area contributed by atoms with Crippen LogP contribution in [-0.4, -0.2) is 34.9 Å². The number of carbonyl (C=O) groups excluding carboxylic acids is 1. The van der Waals surface area contributed by atoms with Gasteiger partial charge in [-0.05, 0) is 73.6 Å². The molecule has 0 bridgehead atoms. The first-order valence-electron chi connectivity index (χ1n) is 9.07. The van der Waals surface area contributed by atoms with Gasteiger partial charge >= 0.3 is 5.97 Å². The molecule has 1 amide bonds. The van der Waals surface area contributed by atoms with Gasteiger partial charge in [0.2, 0.25) is 0 Å². The van der Waals surface area contributed by atoms with E-state index in [2.05, 4.69) is 10.3 Å². The summed E-state index contributed by atoms with van der Waals surface area (Å²) in [6.07, 6.45) is 0.634. The fraction of sp³-hybridized carbons (Fsp3) is 0.190. The molecule has 7 nitrogen and oxygen atoms in total. The number of carboxylic acids is 1. The van der Waals surface area contributed by atoms with Crippen LogP contribution < -0.4 is 14.8 Å². The van der Waals surface area contributed by atoms with E-state index in [0.29, 0.717) is 39.4 Å². The third-order valence-corrected chi connectivity index (χ3v) is 4.83. The lowest BCUT2D eigenvalue weighted by molar-refractivity contribution is -0.144. The van der Waals surface area contributed by atoms with Crippen molar-refractivity contribution in [1.82, 2.24) is 5.32 Å². The van der Waals surface area contributed by atoms with Crippen molar-refractivity contribution in [2.24, 2.45) is 4.99 Å². The number of nitrogens with one attached hydrogen (secondary N) is 1. The van der Waals surface area contributed by atoms with Crippen molar-refractivity contribution in [3.8, 4) is 11.5 Å². The molecule has 1 atom stereocenters. The van der Waals surface area contributed by atoms with E-state index in [0.717, 1.165) is 11.8 Å². The zero-order chi connectivity index (χ0) is 21.7. The molecule has 1 fully saturated rings. The van der Waals surface area contributed by atoms with Crippen molar-refractivity contribution >= 4 is 40.6 Å². The average Bonchev–Trinajstić information content (AvgIpc) is 3.04. The summed E-state index contributed by atoms with van der Waals surface area (Å²) in [5.74, 6) is -1.08. The highest BCUT2D eigenvalue weighted by Gasteiger charge is 2.24. The molecule has 1 saturated heterocycles. The molecule has 2 aromatic rings. The SMILES string of the molecule is CCOc1cc(C=C2SC(=Nc3ccc(F)cc3)NC2=O)ccc1OC(C)C(=O)O. The molecule has 1 aliphatic rings. The van der Waals surface area contributed by atoms with Gasteiger partial charge in [-0.1, -0.05) is 6.07 Å². The maximum absolute atomic E-state index is 13.0. The Morgan fingerprint density at radius 3 is 2.67 bits per heavy atom. The molecule has 1 aliphatic heterocycles. The minimum atomic E-state index is -1.09. The highest BCUT2D eigenvalue weighted by atomic mass is 32.2. The lowest BCUT2D eigenvalue weighted by Gasteiger charge is -2.15. The van der Waals surface area contributed by atoms with Gasteiger partial charge in [0, 0.05) is 0 Å². The van der Waals surface area contributed by atoms with Crippen molar-refractivity contribution in [2.75, 3.05) is 6.61 Å². The standard InChI is InChI=1S/C21H19FN2O5S/c1-3-28-17-10-13(4-9-16(17)29-12(2)20(26)27)11-18-19(25)24-21(30-18)23-15-7-5-14(22)6-8-15/h4-12H,3H2,1-2H3,(H,26,27)(H,23,24,25). The molecule has 30 heavy (non-hydrogen) atoms. The molecule has 156 valence electrons. The molecular weight excluding hydrogens is 411 g/mol. The number of carbonyl (C=O) groups is 2. The number of thioether (sulfide) groups is 1. The molecule has 0 radical (unpaired) electrons. The molecule has 0 aromatic heterocycles. The first-order valence-corrected chi connectivity index (χ1v) is 9.89. The molecule has 0 spiro atoms. The number of amidine groups is 1. The number of nitrogens with zero attached hydrogens (tertiary/aromatic N) is 1. The number of aliphatic carboxylic acids is 1. The van der Waals surface area contributed by atoms with Crippen molar-refractivity contribution < 1.29 is 28.6 Å². The van der Waals surface area contributed by atoms with Crippen molar-refractivity contribution in [1.29, 1.82) is 0 Å². The van der Waals surface area contributed by atoms with Crippen molar-refractivity contribution in [2.45, 2.75) is 20.0 Å². The molecule has 0 saturated carbocycles. The van der Waals surface area contributed by atoms with E-state index in [1.165, 1.54) is 31.2 Å². The zero-order valence-electron chi connectivity index (χ0n) is 16.2. The number of hydrogen-bond acceptors (Lipinski definition) is 6. The zero-order valence-corrected chi connectivity index (χ0v) is 17.0. The Bertz CT molecular complexity index is 1020. The van der Waals surface area contributed by atoms with Crippen LogP contribution >= 0.6 is 11.8 Å². The molecule has 0 aliphatic carbocycles. The summed E-state index contributed by atoms with van der Waals surface area (Å²) in [7, 11) is 0. The van der Waals surface area contributed by atoms with Gasteiger partial charge in [0.1, 0.15) is 5.82 Å². The van der Waals surface area contributed by atoms with Crippen LogP contribution in [0.15, 0.2) is 52.4 Å². The van der Waals surface area contributed by atoms with Gasteiger partial charge in [0.25, 0.3) is 5.91 Å². The number of ether oxygens (including phenoxy) is 2. The number of rotatable bonds is 7. The second-order valence-corrected chi connectivity index (χ2v) is 7.23. The Morgan fingerprint density at radius 2 is 2.00 bits per heavy atom. The van der Waals surface area contributed by atoms with Crippen LogP contribution in [0.2, 0.25) is 0 Å². The highest BCUT2D eigenvalue weighted by molar-refractivity contribution is 8.18. The van der Waals surface area contributed by atoms with E-state index in [1.807, 2.05) is 0 Å². The summed E-state index contributed by atoms with van der Waals surface area (Å²) in [5, 5.41) is 12.1.